The number of anilines is 2. The molecule has 29 heavy (non-hydrogen) atoms. The SMILES string of the molecule is CN(c1cc(F)cc(C#CC(C)(C)C)c1)c1nc2nnc(Cl)n2c2ccccc12. The molecule has 2 heterocycles. The standard InChI is InChI=1S/C22H19ClFN5/c1-22(2,3)10-9-14-11-15(24)13-16(12-14)28(4)19-17-7-5-6-8-18(17)29-20(23)26-27-21(29)25-19/h5-8,11-13H,1-4H3. The maximum atomic E-state index is 14.3. The van der Waals surface area contributed by atoms with Crippen LogP contribution in [-0.4, -0.2) is 26.6 Å². The van der Waals surface area contributed by atoms with Crippen molar-refractivity contribution in [1.29, 1.82) is 0 Å². The first-order valence-corrected chi connectivity index (χ1v) is 9.48. The monoisotopic (exact) mass is 407 g/mol. The summed E-state index contributed by atoms with van der Waals surface area (Å²) in [6.07, 6.45) is 0. The van der Waals surface area contributed by atoms with Crippen molar-refractivity contribution in [2.75, 3.05) is 11.9 Å². The first kappa shape index (κ1) is 19.2. The molecular formula is C22H19ClFN5. The highest BCUT2D eigenvalue weighted by atomic mass is 35.5. The summed E-state index contributed by atoms with van der Waals surface area (Å²) in [7, 11) is 1.83. The van der Waals surface area contributed by atoms with Crippen LogP contribution in [-0.2, 0) is 0 Å². The number of nitrogens with zero attached hydrogens (tertiary/aromatic N) is 5. The number of aromatic nitrogens is 4. The van der Waals surface area contributed by atoms with E-state index in [0.29, 0.717) is 22.8 Å². The normalized spacial score (nSPS) is 11.5. The van der Waals surface area contributed by atoms with Gasteiger partial charge in [-0.15, -0.1) is 10.2 Å². The van der Waals surface area contributed by atoms with Crippen molar-refractivity contribution in [3.05, 3.63) is 59.1 Å². The van der Waals surface area contributed by atoms with Crippen LogP contribution in [0.3, 0.4) is 0 Å². The molecule has 7 heteroatoms. The zero-order chi connectivity index (χ0) is 20.8. The van der Waals surface area contributed by atoms with Gasteiger partial charge in [-0.3, -0.25) is 0 Å². The quantitative estimate of drug-likeness (QED) is 0.426. The fourth-order valence-corrected chi connectivity index (χ4v) is 3.23. The minimum absolute atomic E-state index is 0.172. The first-order valence-electron chi connectivity index (χ1n) is 9.10. The lowest BCUT2D eigenvalue weighted by Gasteiger charge is -2.21. The minimum Gasteiger partial charge on any atom is -0.329 e. The molecule has 2 aromatic heterocycles. The lowest BCUT2D eigenvalue weighted by molar-refractivity contribution is 0.571. The summed E-state index contributed by atoms with van der Waals surface area (Å²) in [5.41, 5.74) is 1.89. The minimum atomic E-state index is -0.358. The van der Waals surface area contributed by atoms with Gasteiger partial charge >= 0.3 is 0 Å². The van der Waals surface area contributed by atoms with Crippen LogP contribution in [0.15, 0.2) is 42.5 Å². The smallest absolute Gasteiger partial charge is 0.258 e. The second-order valence-electron chi connectivity index (χ2n) is 7.81. The van der Waals surface area contributed by atoms with Crippen LogP contribution in [0, 0.1) is 23.1 Å². The molecule has 2 aromatic carbocycles. The Morgan fingerprint density at radius 2 is 1.86 bits per heavy atom. The number of hydrogen-bond donors (Lipinski definition) is 0. The Hall–Kier alpha value is -3.17. The summed E-state index contributed by atoms with van der Waals surface area (Å²) < 4.78 is 16.0. The van der Waals surface area contributed by atoms with E-state index in [1.807, 2.05) is 63.1 Å². The third-order valence-electron chi connectivity index (χ3n) is 4.37. The van der Waals surface area contributed by atoms with E-state index in [-0.39, 0.29) is 16.5 Å². The average Bonchev–Trinajstić information content (AvgIpc) is 3.05. The average molecular weight is 408 g/mol. The van der Waals surface area contributed by atoms with E-state index < -0.39 is 0 Å². The van der Waals surface area contributed by atoms with Gasteiger partial charge in [0.15, 0.2) is 0 Å². The van der Waals surface area contributed by atoms with Gasteiger partial charge < -0.3 is 4.90 Å². The molecular weight excluding hydrogens is 389 g/mol. The second-order valence-corrected chi connectivity index (χ2v) is 8.15. The number of fused-ring (bicyclic) bond motifs is 3. The van der Waals surface area contributed by atoms with Gasteiger partial charge in [-0.1, -0.05) is 24.0 Å². The maximum Gasteiger partial charge on any atom is 0.258 e. The molecule has 146 valence electrons. The van der Waals surface area contributed by atoms with Gasteiger partial charge in [0.25, 0.3) is 5.78 Å². The fourth-order valence-electron chi connectivity index (χ4n) is 3.03. The van der Waals surface area contributed by atoms with Crippen molar-refractivity contribution in [2.45, 2.75) is 20.8 Å². The molecule has 4 aromatic rings. The summed E-state index contributed by atoms with van der Waals surface area (Å²) in [5, 5.41) is 9.04. The van der Waals surface area contributed by atoms with Crippen LogP contribution in [0.5, 0.6) is 0 Å². The van der Waals surface area contributed by atoms with E-state index in [1.165, 1.54) is 12.1 Å². The van der Waals surface area contributed by atoms with Crippen LogP contribution >= 0.6 is 11.6 Å². The van der Waals surface area contributed by atoms with Crippen molar-refractivity contribution in [3.63, 3.8) is 0 Å². The van der Waals surface area contributed by atoms with Gasteiger partial charge in [0.05, 0.1) is 5.52 Å². The van der Waals surface area contributed by atoms with E-state index in [4.69, 9.17) is 11.6 Å². The van der Waals surface area contributed by atoms with E-state index in [2.05, 4.69) is 27.0 Å². The Labute approximate surface area is 173 Å². The van der Waals surface area contributed by atoms with E-state index in [0.717, 1.165) is 10.9 Å². The van der Waals surface area contributed by atoms with Gasteiger partial charge in [0, 0.05) is 29.1 Å². The number of hydrogen-bond acceptors (Lipinski definition) is 4. The van der Waals surface area contributed by atoms with Crippen molar-refractivity contribution in [1.82, 2.24) is 19.6 Å². The van der Waals surface area contributed by atoms with Gasteiger partial charge in [0.2, 0.25) is 5.28 Å². The van der Waals surface area contributed by atoms with Gasteiger partial charge in [-0.2, -0.15) is 4.98 Å². The molecule has 4 rings (SSSR count). The summed E-state index contributed by atoms with van der Waals surface area (Å²) in [5.74, 6) is 6.84. The maximum absolute atomic E-state index is 14.3. The molecule has 0 radical (unpaired) electrons. The Balaban J connectivity index is 1.88. The Morgan fingerprint density at radius 1 is 1.10 bits per heavy atom. The molecule has 0 amide bonds. The molecule has 0 aliphatic heterocycles. The third kappa shape index (κ3) is 3.74. The second kappa shape index (κ2) is 7.02. The molecule has 0 spiro atoms. The van der Waals surface area contributed by atoms with Crippen LogP contribution in [0.2, 0.25) is 5.28 Å². The Morgan fingerprint density at radius 3 is 2.62 bits per heavy atom. The predicted octanol–water partition coefficient (Wildman–Crippen LogP) is 5.24. The van der Waals surface area contributed by atoms with Gasteiger partial charge in [-0.05, 0) is 62.7 Å². The Bertz CT molecular complexity index is 1290. The predicted molar refractivity (Wildman–Crippen MR) is 114 cm³/mol. The number of halogens is 2. The summed E-state index contributed by atoms with van der Waals surface area (Å²) in [6.45, 7) is 6.05. The van der Waals surface area contributed by atoms with Crippen LogP contribution in [0.4, 0.5) is 15.9 Å². The van der Waals surface area contributed by atoms with Crippen molar-refractivity contribution >= 4 is 39.8 Å². The molecule has 0 aliphatic carbocycles. The fraction of sp³-hybridized carbons (Fsp3) is 0.227. The largest absolute Gasteiger partial charge is 0.329 e. The summed E-state index contributed by atoms with van der Waals surface area (Å²) >= 11 is 6.18. The lowest BCUT2D eigenvalue weighted by Crippen LogP contribution is -2.13. The lowest BCUT2D eigenvalue weighted by atomic mass is 9.97. The topological polar surface area (TPSA) is 46.3 Å². The van der Waals surface area contributed by atoms with Crippen molar-refractivity contribution < 1.29 is 4.39 Å². The molecule has 0 fully saturated rings. The van der Waals surface area contributed by atoms with E-state index >= 15 is 0 Å². The summed E-state index contributed by atoms with van der Waals surface area (Å²) in [4.78, 5) is 6.43. The summed E-state index contributed by atoms with van der Waals surface area (Å²) in [6, 6.07) is 12.4. The van der Waals surface area contributed by atoms with Crippen molar-refractivity contribution in [3.8, 4) is 11.8 Å². The highest BCUT2D eigenvalue weighted by Gasteiger charge is 2.17. The number of benzene rings is 2. The molecule has 0 N–H and O–H groups in total. The van der Waals surface area contributed by atoms with Crippen molar-refractivity contribution in [2.24, 2.45) is 5.41 Å². The van der Waals surface area contributed by atoms with Gasteiger partial charge in [0.1, 0.15) is 11.6 Å². The van der Waals surface area contributed by atoms with Gasteiger partial charge in [-0.25, -0.2) is 8.79 Å². The van der Waals surface area contributed by atoms with Crippen LogP contribution in [0.25, 0.3) is 16.7 Å². The highest BCUT2D eigenvalue weighted by molar-refractivity contribution is 6.29. The molecule has 0 bridgehead atoms. The first-order chi connectivity index (χ1) is 13.7. The van der Waals surface area contributed by atoms with Crippen LogP contribution < -0.4 is 4.90 Å². The molecule has 5 nitrogen and oxygen atoms in total. The zero-order valence-corrected chi connectivity index (χ0v) is 17.3. The molecule has 0 unspecified atom stereocenters. The zero-order valence-electron chi connectivity index (χ0n) is 16.5. The molecule has 0 atom stereocenters. The Kier molecular flexibility index (Phi) is 4.64. The molecule has 0 saturated heterocycles. The van der Waals surface area contributed by atoms with E-state index in [1.54, 1.807) is 4.40 Å². The molecule has 0 saturated carbocycles. The number of rotatable bonds is 2. The van der Waals surface area contributed by atoms with Crippen LogP contribution in [0.1, 0.15) is 26.3 Å². The number of para-hydroxylation sites is 1. The molecule has 0 aliphatic rings. The highest BCUT2D eigenvalue weighted by Crippen LogP contribution is 2.31. The van der Waals surface area contributed by atoms with E-state index in [9.17, 15) is 4.39 Å². The third-order valence-corrected chi connectivity index (χ3v) is 4.61.